The van der Waals surface area contributed by atoms with Gasteiger partial charge in [0.2, 0.25) is 11.8 Å². The van der Waals surface area contributed by atoms with Crippen molar-refractivity contribution in [1.82, 2.24) is 10.6 Å². The van der Waals surface area contributed by atoms with Crippen LogP contribution in [0.15, 0.2) is 24.3 Å². The molecular formula is C15H18N2O4. The summed E-state index contributed by atoms with van der Waals surface area (Å²) >= 11 is 0. The minimum absolute atomic E-state index is 0.0889. The number of benzene rings is 1. The van der Waals surface area contributed by atoms with Crippen LogP contribution in [0.2, 0.25) is 0 Å². The van der Waals surface area contributed by atoms with Crippen LogP contribution in [0.1, 0.15) is 35.7 Å². The summed E-state index contributed by atoms with van der Waals surface area (Å²) in [6, 6.07) is 6.42. The molecule has 0 aliphatic carbocycles. The summed E-state index contributed by atoms with van der Waals surface area (Å²) in [5.41, 5.74) is 1.36. The number of esters is 1. The molecule has 112 valence electrons. The third kappa shape index (κ3) is 4.05. The standard InChI is InChI=1S/C15H18N2O4/c1-2-21-15(20)11-5-3-10(4-6-11)9-16-14(19)12-7-8-13(18)17-12/h3-6,12H,2,7-9H2,1H3,(H,16,19)(H,17,18). The van der Waals surface area contributed by atoms with Crippen LogP contribution in [0, 0.1) is 0 Å². The Balaban J connectivity index is 1.84. The molecule has 2 amide bonds. The minimum atomic E-state index is -0.434. The van der Waals surface area contributed by atoms with Crippen LogP contribution in [-0.2, 0) is 20.9 Å². The average Bonchev–Trinajstić information content (AvgIpc) is 2.92. The fourth-order valence-electron chi connectivity index (χ4n) is 2.10. The number of carbonyl (C=O) groups is 3. The largest absolute Gasteiger partial charge is 0.462 e. The molecule has 1 atom stereocenters. The molecule has 2 rings (SSSR count). The van der Waals surface area contributed by atoms with Gasteiger partial charge < -0.3 is 15.4 Å². The highest BCUT2D eigenvalue weighted by atomic mass is 16.5. The van der Waals surface area contributed by atoms with Crippen molar-refractivity contribution in [2.75, 3.05) is 6.61 Å². The normalized spacial score (nSPS) is 17.2. The molecule has 1 aliphatic rings. The highest BCUT2D eigenvalue weighted by Crippen LogP contribution is 2.08. The highest BCUT2D eigenvalue weighted by Gasteiger charge is 2.26. The molecule has 1 unspecified atom stereocenters. The van der Waals surface area contributed by atoms with Crippen LogP contribution in [-0.4, -0.2) is 30.4 Å². The first-order valence-corrected chi connectivity index (χ1v) is 6.93. The second kappa shape index (κ2) is 6.88. The van der Waals surface area contributed by atoms with E-state index in [0.717, 1.165) is 5.56 Å². The molecule has 6 heteroatoms. The maximum absolute atomic E-state index is 11.8. The Kier molecular flexibility index (Phi) is 4.92. The molecule has 0 aromatic heterocycles. The molecule has 0 bridgehead atoms. The number of carbonyl (C=O) groups excluding carboxylic acids is 3. The van der Waals surface area contributed by atoms with Crippen LogP contribution >= 0.6 is 0 Å². The number of amides is 2. The van der Waals surface area contributed by atoms with Gasteiger partial charge in [0, 0.05) is 13.0 Å². The lowest BCUT2D eigenvalue weighted by molar-refractivity contribution is -0.125. The van der Waals surface area contributed by atoms with Crippen molar-refractivity contribution in [3.05, 3.63) is 35.4 Å². The Hall–Kier alpha value is -2.37. The first kappa shape index (κ1) is 15.0. The van der Waals surface area contributed by atoms with E-state index < -0.39 is 6.04 Å². The van der Waals surface area contributed by atoms with E-state index in [1.54, 1.807) is 31.2 Å². The summed E-state index contributed by atoms with van der Waals surface area (Å²) in [5.74, 6) is -0.633. The Bertz CT molecular complexity index is 539. The van der Waals surface area contributed by atoms with Crippen molar-refractivity contribution >= 4 is 17.8 Å². The van der Waals surface area contributed by atoms with Gasteiger partial charge in [0.05, 0.1) is 12.2 Å². The summed E-state index contributed by atoms with van der Waals surface area (Å²) in [7, 11) is 0. The summed E-state index contributed by atoms with van der Waals surface area (Å²) in [6.45, 7) is 2.45. The molecule has 1 heterocycles. The van der Waals surface area contributed by atoms with Crippen LogP contribution in [0.3, 0.4) is 0 Å². The molecule has 0 spiro atoms. The summed E-state index contributed by atoms with van der Waals surface area (Å²) in [5, 5.41) is 5.38. The van der Waals surface area contributed by atoms with Gasteiger partial charge in [-0.15, -0.1) is 0 Å². The van der Waals surface area contributed by atoms with E-state index in [0.29, 0.717) is 31.6 Å². The zero-order valence-electron chi connectivity index (χ0n) is 11.8. The number of rotatable bonds is 5. The number of nitrogens with one attached hydrogen (secondary N) is 2. The van der Waals surface area contributed by atoms with Crippen molar-refractivity contribution < 1.29 is 19.1 Å². The van der Waals surface area contributed by atoms with Gasteiger partial charge in [-0.1, -0.05) is 12.1 Å². The summed E-state index contributed by atoms with van der Waals surface area (Å²) in [4.78, 5) is 34.4. The molecule has 21 heavy (non-hydrogen) atoms. The van der Waals surface area contributed by atoms with Gasteiger partial charge in [-0.2, -0.15) is 0 Å². The van der Waals surface area contributed by atoms with Crippen LogP contribution in [0.4, 0.5) is 0 Å². The average molecular weight is 290 g/mol. The van der Waals surface area contributed by atoms with E-state index in [2.05, 4.69) is 10.6 Å². The summed E-state index contributed by atoms with van der Waals surface area (Å²) in [6.07, 6.45) is 0.929. The van der Waals surface area contributed by atoms with Crippen molar-refractivity contribution in [3.8, 4) is 0 Å². The zero-order chi connectivity index (χ0) is 15.2. The Morgan fingerprint density at radius 1 is 1.33 bits per heavy atom. The highest BCUT2D eigenvalue weighted by molar-refractivity contribution is 5.91. The van der Waals surface area contributed by atoms with Gasteiger partial charge in [0.1, 0.15) is 6.04 Å². The lowest BCUT2D eigenvalue weighted by Gasteiger charge is -2.11. The number of hydrogen-bond acceptors (Lipinski definition) is 4. The molecule has 1 fully saturated rings. The molecule has 1 aromatic carbocycles. The minimum Gasteiger partial charge on any atom is -0.462 e. The van der Waals surface area contributed by atoms with Crippen LogP contribution in [0.5, 0.6) is 0 Å². The first-order chi connectivity index (χ1) is 10.1. The Morgan fingerprint density at radius 3 is 2.62 bits per heavy atom. The fraction of sp³-hybridized carbons (Fsp3) is 0.400. The Labute approximate surface area is 122 Å². The van der Waals surface area contributed by atoms with Crippen molar-refractivity contribution in [2.45, 2.75) is 32.4 Å². The lowest BCUT2D eigenvalue weighted by atomic mass is 10.1. The van der Waals surface area contributed by atoms with E-state index >= 15 is 0 Å². The fourth-order valence-corrected chi connectivity index (χ4v) is 2.10. The first-order valence-electron chi connectivity index (χ1n) is 6.93. The van der Waals surface area contributed by atoms with E-state index in [4.69, 9.17) is 4.74 Å². The van der Waals surface area contributed by atoms with Crippen molar-refractivity contribution in [3.63, 3.8) is 0 Å². The third-order valence-electron chi connectivity index (χ3n) is 3.24. The number of ether oxygens (including phenoxy) is 1. The van der Waals surface area contributed by atoms with Gasteiger partial charge in [-0.3, -0.25) is 9.59 Å². The molecule has 2 N–H and O–H groups in total. The molecule has 1 aromatic rings. The predicted molar refractivity (Wildman–Crippen MR) is 75.4 cm³/mol. The quantitative estimate of drug-likeness (QED) is 0.784. The van der Waals surface area contributed by atoms with E-state index in [-0.39, 0.29) is 17.8 Å². The Morgan fingerprint density at radius 2 is 2.05 bits per heavy atom. The van der Waals surface area contributed by atoms with Gasteiger partial charge in [-0.25, -0.2) is 4.79 Å². The summed E-state index contributed by atoms with van der Waals surface area (Å²) < 4.78 is 4.89. The number of hydrogen-bond donors (Lipinski definition) is 2. The van der Waals surface area contributed by atoms with Gasteiger partial charge in [-0.05, 0) is 31.0 Å². The van der Waals surface area contributed by atoms with Crippen LogP contribution < -0.4 is 10.6 Å². The van der Waals surface area contributed by atoms with Crippen LogP contribution in [0.25, 0.3) is 0 Å². The molecule has 6 nitrogen and oxygen atoms in total. The second-order valence-corrected chi connectivity index (χ2v) is 4.79. The molecule has 1 saturated heterocycles. The zero-order valence-corrected chi connectivity index (χ0v) is 11.8. The SMILES string of the molecule is CCOC(=O)c1ccc(CNC(=O)C2CCC(=O)N2)cc1. The third-order valence-corrected chi connectivity index (χ3v) is 3.24. The molecule has 0 radical (unpaired) electrons. The molecular weight excluding hydrogens is 272 g/mol. The monoisotopic (exact) mass is 290 g/mol. The molecule has 1 aliphatic heterocycles. The van der Waals surface area contributed by atoms with Gasteiger partial charge in [0.15, 0.2) is 0 Å². The maximum Gasteiger partial charge on any atom is 0.338 e. The van der Waals surface area contributed by atoms with E-state index in [9.17, 15) is 14.4 Å². The van der Waals surface area contributed by atoms with Crippen molar-refractivity contribution in [1.29, 1.82) is 0 Å². The van der Waals surface area contributed by atoms with E-state index in [1.165, 1.54) is 0 Å². The second-order valence-electron chi connectivity index (χ2n) is 4.79. The van der Waals surface area contributed by atoms with Crippen molar-refractivity contribution in [2.24, 2.45) is 0 Å². The van der Waals surface area contributed by atoms with Gasteiger partial charge >= 0.3 is 5.97 Å². The topological polar surface area (TPSA) is 84.5 Å². The maximum atomic E-state index is 11.8. The van der Waals surface area contributed by atoms with E-state index in [1.807, 2.05) is 0 Å². The predicted octanol–water partition coefficient (Wildman–Crippen LogP) is 0.758. The lowest BCUT2D eigenvalue weighted by Crippen LogP contribution is -2.41. The smallest absolute Gasteiger partial charge is 0.338 e. The van der Waals surface area contributed by atoms with Gasteiger partial charge in [0.25, 0.3) is 0 Å². The molecule has 0 saturated carbocycles.